The van der Waals surface area contributed by atoms with E-state index < -0.39 is 0 Å². The molecule has 1 fully saturated rings. The van der Waals surface area contributed by atoms with Crippen molar-refractivity contribution >= 4 is 23.8 Å². The fraction of sp³-hybridized carbons (Fsp3) is 0.464. The lowest BCUT2D eigenvalue weighted by Crippen LogP contribution is -2.32. The number of amides is 1. The third-order valence-corrected chi connectivity index (χ3v) is 6.54. The molecule has 0 aromatic heterocycles. The Bertz CT molecular complexity index is 1030. The summed E-state index contributed by atoms with van der Waals surface area (Å²) in [6, 6.07) is 13.5. The number of carbonyl (C=O) groups excluding carboxylic acids is 2. The van der Waals surface area contributed by atoms with Gasteiger partial charge in [-0.3, -0.25) is 14.6 Å². The Hall–Kier alpha value is -3.19. The summed E-state index contributed by atoms with van der Waals surface area (Å²) in [6.07, 6.45) is 6.97. The predicted molar refractivity (Wildman–Crippen MR) is 137 cm³/mol. The van der Waals surface area contributed by atoms with E-state index in [1.165, 1.54) is 11.1 Å². The van der Waals surface area contributed by atoms with Gasteiger partial charge in [-0.25, -0.2) is 0 Å². The standard InChI is InChI=1S/C28H35N3O4/c1-2-3-14-35-27(32)18-22-6-7-23-10-11-26(19-25(23)17-22)30-28(33)24-8-4-21(5-9-24)20-29-31-12-15-34-16-13-31/h4-5,8-11,19-20,22H,2-3,6-7,12-18H2,1H3,(H,30,33)/b29-20+. The van der Waals surface area contributed by atoms with Gasteiger partial charge in [0, 0.05) is 17.7 Å². The smallest absolute Gasteiger partial charge is 0.306 e. The van der Waals surface area contributed by atoms with E-state index >= 15 is 0 Å². The van der Waals surface area contributed by atoms with E-state index in [0.29, 0.717) is 31.8 Å². The summed E-state index contributed by atoms with van der Waals surface area (Å²) in [5, 5.41) is 9.48. The fourth-order valence-corrected chi connectivity index (χ4v) is 4.45. The highest BCUT2D eigenvalue weighted by Crippen LogP contribution is 2.30. The van der Waals surface area contributed by atoms with Crippen molar-refractivity contribution in [3.05, 3.63) is 64.7 Å². The van der Waals surface area contributed by atoms with Crippen LogP contribution in [-0.2, 0) is 27.1 Å². The molecule has 2 aromatic carbocycles. The minimum atomic E-state index is -0.145. The van der Waals surface area contributed by atoms with Crippen LogP contribution in [0, 0.1) is 5.92 Å². The Morgan fingerprint density at radius 1 is 1.14 bits per heavy atom. The Kier molecular flexibility index (Phi) is 8.90. The van der Waals surface area contributed by atoms with Crippen LogP contribution in [0.4, 0.5) is 5.69 Å². The molecule has 186 valence electrons. The first kappa shape index (κ1) is 24.9. The largest absolute Gasteiger partial charge is 0.466 e. The molecule has 0 radical (unpaired) electrons. The van der Waals surface area contributed by atoms with E-state index in [1.807, 2.05) is 47.6 Å². The predicted octanol–water partition coefficient (Wildman–Crippen LogP) is 4.44. The van der Waals surface area contributed by atoms with Crippen LogP contribution in [-0.4, -0.2) is 56.0 Å². The Morgan fingerprint density at radius 2 is 1.94 bits per heavy atom. The van der Waals surface area contributed by atoms with Gasteiger partial charge in [-0.15, -0.1) is 0 Å². The van der Waals surface area contributed by atoms with E-state index in [4.69, 9.17) is 9.47 Å². The van der Waals surface area contributed by atoms with Crippen LogP contribution in [0.3, 0.4) is 0 Å². The SMILES string of the molecule is CCCCOC(=O)CC1CCc2ccc(NC(=O)c3ccc(/C=N/N4CCOCC4)cc3)cc2C1. The number of nitrogens with one attached hydrogen (secondary N) is 1. The van der Waals surface area contributed by atoms with Crippen molar-refractivity contribution in [2.45, 2.75) is 45.4 Å². The minimum Gasteiger partial charge on any atom is -0.466 e. The van der Waals surface area contributed by atoms with Crippen molar-refractivity contribution in [2.75, 3.05) is 38.2 Å². The number of benzene rings is 2. The summed E-state index contributed by atoms with van der Waals surface area (Å²) in [5.74, 6) is 0.0394. The summed E-state index contributed by atoms with van der Waals surface area (Å²) >= 11 is 0. The minimum absolute atomic E-state index is 0.102. The van der Waals surface area contributed by atoms with Crippen molar-refractivity contribution in [1.82, 2.24) is 5.01 Å². The highest BCUT2D eigenvalue weighted by atomic mass is 16.5. The average Bonchev–Trinajstić information content (AvgIpc) is 2.88. The van der Waals surface area contributed by atoms with Crippen LogP contribution in [0.1, 0.15) is 59.7 Å². The lowest BCUT2D eigenvalue weighted by Gasteiger charge is -2.24. The van der Waals surface area contributed by atoms with E-state index in [1.54, 1.807) is 0 Å². The molecule has 4 rings (SSSR count). The number of rotatable bonds is 9. The number of hydrazone groups is 1. The zero-order chi connectivity index (χ0) is 24.5. The zero-order valence-corrected chi connectivity index (χ0v) is 20.5. The Balaban J connectivity index is 1.31. The molecule has 2 aromatic rings. The third-order valence-electron chi connectivity index (χ3n) is 6.54. The van der Waals surface area contributed by atoms with Crippen molar-refractivity contribution < 1.29 is 19.1 Å². The molecule has 0 saturated carbocycles. The number of hydrogen-bond donors (Lipinski definition) is 1. The Labute approximate surface area is 207 Å². The summed E-state index contributed by atoms with van der Waals surface area (Å²) in [4.78, 5) is 24.9. The van der Waals surface area contributed by atoms with Gasteiger partial charge in [0.25, 0.3) is 5.91 Å². The number of anilines is 1. The maximum Gasteiger partial charge on any atom is 0.306 e. The van der Waals surface area contributed by atoms with Crippen molar-refractivity contribution in [3.8, 4) is 0 Å². The normalized spacial score (nSPS) is 17.7. The van der Waals surface area contributed by atoms with Crippen LogP contribution in [0.25, 0.3) is 0 Å². The second-order valence-corrected chi connectivity index (χ2v) is 9.26. The molecule has 1 aliphatic heterocycles. The van der Waals surface area contributed by atoms with E-state index in [2.05, 4.69) is 23.4 Å². The molecule has 1 saturated heterocycles. The number of unbranched alkanes of at least 4 members (excludes halogenated alkanes) is 1. The number of carbonyl (C=O) groups is 2. The molecule has 7 heteroatoms. The molecule has 7 nitrogen and oxygen atoms in total. The molecular formula is C28H35N3O4. The molecule has 35 heavy (non-hydrogen) atoms. The number of ether oxygens (including phenoxy) is 2. The second-order valence-electron chi connectivity index (χ2n) is 9.26. The molecular weight excluding hydrogens is 442 g/mol. The van der Waals surface area contributed by atoms with Gasteiger partial charge in [-0.05, 0) is 72.6 Å². The quantitative estimate of drug-likeness (QED) is 0.328. The van der Waals surface area contributed by atoms with E-state index in [0.717, 1.165) is 56.4 Å². The van der Waals surface area contributed by atoms with Crippen LogP contribution >= 0.6 is 0 Å². The summed E-state index contributed by atoms with van der Waals surface area (Å²) in [6.45, 7) is 5.58. The van der Waals surface area contributed by atoms with Gasteiger partial charge in [0.15, 0.2) is 0 Å². The molecule has 1 unspecified atom stereocenters. The molecule has 0 bridgehead atoms. The van der Waals surface area contributed by atoms with Gasteiger partial charge in [0.05, 0.1) is 39.1 Å². The van der Waals surface area contributed by atoms with E-state index in [9.17, 15) is 9.59 Å². The second kappa shape index (κ2) is 12.5. The molecule has 1 heterocycles. The summed E-state index contributed by atoms with van der Waals surface area (Å²) in [7, 11) is 0. The first-order valence-corrected chi connectivity index (χ1v) is 12.7. The van der Waals surface area contributed by atoms with Crippen LogP contribution in [0.15, 0.2) is 47.6 Å². The molecule has 1 aliphatic carbocycles. The number of hydrogen-bond acceptors (Lipinski definition) is 6. The topological polar surface area (TPSA) is 80.2 Å². The van der Waals surface area contributed by atoms with Gasteiger partial charge in [0.2, 0.25) is 0 Å². The molecule has 1 N–H and O–H groups in total. The lowest BCUT2D eigenvalue weighted by atomic mass is 9.82. The van der Waals surface area contributed by atoms with Gasteiger partial charge >= 0.3 is 5.97 Å². The van der Waals surface area contributed by atoms with Crippen molar-refractivity contribution in [2.24, 2.45) is 11.0 Å². The maximum absolute atomic E-state index is 12.8. The lowest BCUT2D eigenvalue weighted by molar-refractivity contribution is -0.145. The van der Waals surface area contributed by atoms with Gasteiger partial charge in [-0.1, -0.05) is 31.5 Å². The molecule has 1 amide bonds. The first-order valence-electron chi connectivity index (χ1n) is 12.7. The number of morpholine rings is 1. The number of aryl methyl sites for hydroxylation is 1. The van der Waals surface area contributed by atoms with Crippen LogP contribution in [0.5, 0.6) is 0 Å². The van der Waals surface area contributed by atoms with Crippen molar-refractivity contribution in [1.29, 1.82) is 0 Å². The van der Waals surface area contributed by atoms with E-state index in [-0.39, 0.29) is 17.8 Å². The maximum atomic E-state index is 12.8. The first-order chi connectivity index (χ1) is 17.1. The van der Waals surface area contributed by atoms with Crippen molar-refractivity contribution in [3.63, 3.8) is 0 Å². The third kappa shape index (κ3) is 7.39. The number of nitrogens with zero attached hydrogens (tertiary/aromatic N) is 2. The van der Waals surface area contributed by atoms with Crippen LogP contribution in [0.2, 0.25) is 0 Å². The highest BCUT2D eigenvalue weighted by Gasteiger charge is 2.22. The van der Waals surface area contributed by atoms with Gasteiger partial charge in [0.1, 0.15) is 0 Å². The summed E-state index contributed by atoms with van der Waals surface area (Å²) in [5.41, 5.74) is 4.82. The van der Waals surface area contributed by atoms with Gasteiger partial charge < -0.3 is 14.8 Å². The average molecular weight is 478 g/mol. The fourth-order valence-electron chi connectivity index (χ4n) is 4.45. The number of fused-ring (bicyclic) bond motifs is 1. The molecule has 2 aliphatic rings. The molecule has 1 atom stereocenters. The number of esters is 1. The molecule has 0 spiro atoms. The Morgan fingerprint density at radius 3 is 2.71 bits per heavy atom. The zero-order valence-electron chi connectivity index (χ0n) is 20.5. The highest BCUT2D eigenvalue weighted by molar-refractivity contribution is 6.04. The summed E-state index contributed by atoms with van der Waals surface area (Å²) < 4.78 is 10.7. The van der Waals surface area contributed by atoms with Gasteiger partial charge in [-0.2, -0.15) is 5.10 Å². The van der Waals surface area contributed by atoms with Crippen LogP contribution < -0.4 is 5.32 Å². The monoisotopic (exact) mass is 477 g/mol.